The molecule has 0 aliphatic carbocycles. The fourth-order valence-corrected chi connectivity index (χ4v) is 2.35. The van der Waals surface area contributed by atoms with Gasteiger partial charge in [-0.3, -0.25) is 0 Å². The normalized spacial score (nSPS) is 19.8. The summed E-state index contributed by atoms with van der Waals surface area (Å²) in [6.45, 7) is 3.49. The third kappa shape index (κ3) is 2.06. The number of ether oxygens (including phenoxy) is 1. The average Bonchev–Trinajstić information content (AvgIpc) is 3.00. The molecule has 0 radical (unpaired) electrons. The minimum absolute atomic E-state index is 0.203. The Morgan fingerprint density at radius 3 is 3.06 bits per heavy atom. The molecular formula is C11H14ClN5O. The molecule has 0 N–H and O–H groups in total. The van der Waals surface area contributed by atoms with Gasteiger partial charge in [-0.15, -0.1) is 5.10 Å². The van der Waals surface area contributed by atoms with Crippen LogP contribution in [0.1, 0.15) is 25.6 Å². The standard InChI is InChI=1S/C11H14ClN5O/c1-2-8-13-10(12)9-11(14-8)17(16-15-9)6-7-4-3-5-18-7/h7H,2-6H2,1H3. The Bertz CT molecular complexity index is 564. The van der Waals surface area contributed by atoms with Gasteiger partial charge in [-0.25, -0.2) is 14.6 Å². The van der Waals surface area contributed by atoms with Gasteiger partial charge in [0.2, 0.25) is 0 Å². The first-order chi connectivity index (χ1) is 8.78. The van der Waals surface area contributed by atoms with Crippen LogP contribution in [0, 0.1) is 0 Å². The van der Waals surface area contributed by atoms with Gasteiger partial charge in [-0.05, 0) is 12.8 Å². The van der Waals surface area contributed by atoms with E-state index in [0.29, 0.717) is 28.7 Å². The van der Waals surface area contributed by atoms with Gasteiger partial charge in [0.25, 0.3) is 0 Å². The monoisotopic (exact) mass is 267 g/mol. The van der Waals surface area contributed by atoms with Gasteiger partial charge < -0.3 is 4.74 Å². The summed E-state index contributed by atoms with van der Waals surface area (Å²) in [5.74, 6) is 0.711. The lowest BCUT2D eigenvalue weighted by molar-refractivity contribution is 0.0944. The highest BCUT2D eigenvalue weighted by Gasteiger charge is 2.19. The van der Waals surface area contributed by atoms with Gasteiger partial charge in [-0.2, -0.15) is 0 Å². The Labute approximate surface area is 109 Å². The lowest BCUT2D eigenvalue weighted by Gasteiger charge is -2.08. The van der Waals surface area contributed by atoms with Crippen LogP contribution < -0.4 is 0 Å². The van der Waals surface area contributed by atoms with Gasteiger partial charge >= 0.3 is 0 Å². The van der Waals surface area contributed by atoms with Gasteiger partial charge in [0.05, 0.1) is 12.6 Å². The molecule has 0 bridgehead atoms. The van der Waals surface area contributed by atoms with Crippen molar-refractivity contribution in [1.29, 1.82) is 0 Å². The average molecular weight is 268 g/mol. The molecule has 3 rings (SSSR count). The topological polar surface area (TPSA) is 65.7 Å². The first-order valence-electron chi connectivity index (χ1n) is 6.15. The van der Waals surface area contributed by atoms with Crippen LogP contribution in [-0.4, -0.2) is 37.7 Å². The number of hydrogen-bond donors (Lipinski definition) is 0. The summed E-state index contributed by atoms with van der Waals surface area (Å²) >= 11 is 6.07. The number of hydrogen-bond acceptors (Lipinski definition) is 5. The number of nitrogens with zero attached hydrogens (tertiary/aromatic N) is 5. The van der Waals surface area contributed by atoms with Crippen LogP contribution in [-0.2, 0) is 17.7 Å². The van der Waals surface area contributed by atoms with E-state index in [0.717, 1.165) is 25.9 Å². The van der Waals surface area contributed by atoms with E-state index in [4.69, 9.17) is 16.3 Å². The Morgan fingerprint density at radius 1 is 1.44 bits per heavy atom. The molecule has 1 saturated heterocycles. The molecule has 0 aromatic carbocycles. The van der Waals surface area contributed by atoms with Crippen molar-refractivity contribution in [2.24, 2.45) is 0 Å². The van der Waals surface area contributed by atoms with Crippen LogP contribution in [0.4, 0.5) is 0 Å². The molecule has 1 fully saturated rings. The van der Waals surface area contributed by atoms with Gasteiger partial charge in [0.1, 0.15) is 5.82 Å². The van der Waals surface area contributed by atoms with E-state index in [1.807, 2.05) is 6.92 Å². The predicted octanol–water partition coefficient (Wildman–Crippen LogP) is 1.62. The molecule has 1 aliphatic heterocycles. The molecule has 0 saturated carbocycles. The molecular weight excluding hydrogens is 254 g/mol. The van der Waals surface area contributed by atoms with Crippen molar-refractivity contribution in [3.05, 3.63) is 11.0 Å². The quantitative estimate of drug-likeness (QED) is 0.791. The number of aryl methyl sites for hydroxylation is 1. The van der Waals surface area contributed by atoms with Crippen LogP contribution in [0.5, 0.6) is 0 Å². The minimum Gasteiger partial charge on any atom is -0.376 e. The second-order valence-electron chi connectivity index (χ2n) is 4.36. The highest BCUT2D eigenvalue weighted by Crippen LogP contribution is 2.20. The SMILES string of the molecule is CCc1nc(Cl)c2nnn(CC3CCCO3)c2n1. The number of fused-ring (bicyclic) bond motifs is 1. The van der Waals surface area contributed by atoms with Gasteiger partial charge in [0.15, 0.2) is 16.3 Å². The van der Waals surface area contributed by atoms with Crippen molar-refractivity contribution >= 4 is 22.8 Å². The van der Waals surface area contributed by atoms with Crippen molar-refractivity contribution in [2.75, 3.05) is 6.61 Å². The first-order valence-corrected chi connectivity index (χ1v) is 6.53. The minimum atomic E-state index is 0.203. The molecule has 18 heavy (non-hydrogen) atoms. The molecule has 1 atom stereocenters. The Balaban J connectivity index is 1.98. The molecule has 7 heteroatoms. The fraction of sp³-hybridized carbons (Fsp3) is 0.636. The van der Waals surface area contributed by atoms with E-state index in [1.165, 1.54) is 0 Å². The van der Waals surface area contributed by atoms with Crippen molar-refractivity contribution in [1.82, 2.24) is 25.0 Å². The van der Waals surface area contributed by atoms with E-state index in [2.05, 4.69) is 20.3 Å². The van der Waals surface area contributed by atoms with E-state index in [-0.39, 0.29) is 6.10 Å². The summed E-state index contributed by atoms with van der Waals surface area (Å²) in [5, 5.41) is 8.50. The van der Waals surface area contributed by atoms with E-state index in [9.17, 15) is 0 Å². The lowest BCUT2D eigenvalue weighted by atomic mass is 10.2. The molecule has 1 aliphatic rings. The smallest absolute Gasteiger partial charge is 0.183 e. The largest absolute Gasteiger partial charge is 0.376 e. The van der Waals surface area contributed by atoms with Gasteiger partial charge in [-0.1, -0.05) is 23.7 Å². The maximum absolute atomic E-state index is 6.07. The molecule has 0 spiro atoms. The lowest BCUT2D eigenvalue weighted by Crippen LogP contribution is -2.16. The molecule has 2 aromatic rings. The molecule has 3 heterocycles. The molecule has 96 valence electrons. The summed E-state index contributed by atoms with van der Waals surface area (Å²) in [7, 11) is 0. The van der Waals surface area contributed by atoms with E-state index >= 15 is 0 Å². The second kappa shape index (κ2) is 4.78. The molecule has 0 amide bonds. The highest BCUT2D eigenvalue weighted by molar-refractivity contribution is 6.33. The molecule has 2 aromatic heterocycles. The summed E-state index contributed by atoms with van der Waals surface area (Å²) in [6, 6.07) is 0. The molecule has 6 nitrogen and oxygen atoms in total. The van der Waals surface area contributed by atoms with Crippen LogP contribution in [0.2, 0.25) is 5.15 Å². The van der Waals surface area contributed by atoms with Crippen LogP contribution >= 0.6 is 11.6 Å². The van der Waals surface area contributed by atoms with Crippen LogP contribution in [0.25, 0.3) is 11.2 Å². The number of halogens is 1. The third-order valence-corrected chi connectivity index (χ3v) is 3.35. The summed E-state index contributed by atoms with van der Waals surface area (Å²) in [5.41, 5.74) is 1.26. The number of rotatable bonds is 3. The first kappa shape index (κ1) is 11.8. The van der Waals surface area contributed by atoms with Crippen molar-refractivity contribution < 1.29 is 4.74 Å². The molecule has 1 unspecified atom stereocenters. The zero-order chi connectivity index (χ0) is 12.5. The highest BCUT2D eigenvalue weighted by atomic mass is 35.5. The van der Waals surface area contributed by atoms with Crippen molar-refractivity contribution in [3.8, 4) is 0 Å². The van der Waals surface area contributed by atoms with Crippen LogP contribution in [0.3, 0.4) is 0 Å². The van der Waals surface area contributed by atoms with Crippen LogP contribution in [0.15, 0.2) is 0 Å². The maximum Gasteiger partial charge on any atom is 0.183 e. The third-order valence-electron chi connectivity index (χ3n) is 3.08. The zero-order valence-corrected chi connectivity index (χ0v) is 10.9. The van der Waals surface area contributed by atoms with Crippen molar-refractivity contribution in [2.45, 2.75) is 38.8 Å². The van der Waals surface area contributed by atoms with E-state index in [1.54, 1.807) is 4.68 Å². The maximum atomic E-state index is 6.07. The van der Waals surface area contributed by atoms with E-state index < -0.39 is 0 Å². The fourth-order valence-electron chi connectivity index (χ4n) is 2.13. The Morgan fingerprint density at radius 2 is 2.33 bits per heavy atom. The Kier molecular flexibility index (Phi) is 3.13. The number of aromatic nitrogens is 5. The van der Waals surface area contributed by atoms with Gasteiger partial charge in [0, 0.05) is 13.0 Å². The predicted molar refractivity (Wildman–Crippen MR) is 66.5 cm³/mol. The zero-order valence-electron chi connectivity index (χ0n) is 10.1. The summed E-state index contributed by atoms with van der Waals surface area (Å²) < 4.78 is 7.36. The van der Waals surface area contributed by atoms with Crippen molar-refractivity contribution in [3.63, 3.8) is 0 Å². The Hall–Kier alpha value is -1.27. The summed E-state index contributed by atoms with van der Waals surface area (Å²) in [6.07, 6.45) is 3.10. The summed E-state index contributed by atoms with van der Waals surface area (Å²) in [4.78, 5) is 8.62. The second-order valence-corrected chi connectivity index (χ2v) is 4.72.